The van der Waals surface area contributed by atoms with Gasteiger partial charge in [0.05, 0.1) is 18.6 Å². The molecule has 1 aliphatic carbocycles. The van der Waals surface area contributed by atoms with Crippen LogP contribution in [0.4, 0.5) is 0 Å². The normalized spacial score (nSPS) is 18.5. The van der Waals surface area contributed by atoms with E-state index in [4.69, 9.17) is 14.6 Å². The molecule has 4 heteroatoms. The summed E-state index contributed by atoms with van der Waals surface area (Å²) in [5.74, 6) is -0.665. The van der Waals surface area contributed by atoms with E-state index < -0.39 is 11.4 Å². The average molecular weight is 216 g/mol. The van der Waals surface area contributed by atoms with E-state index in [2.05, 4.69) is 0 Å². The Kier molecular flexibility index (Phi) is 5.05. The molecule has 0 unspecified atom stereocenters. The van der Waals surface area contributed by atoms with E-state index in [0.717, 1.165) is 19.3 Å². The van der Waals surface area contributed by atoms with Gasteiger partial charge in [-0.05, 0) is 26.2 Å². The summed E-state index contributed by atoms with van der Waals surface area (Å²) in [5, 5.41) is 9.04. The van der Waals surface area contributed by atoms with Crippen molar-refractivity contribution in [2.24, 2.45) is 5.41 Å². The third kappa shape index (κ3) is 3.47. The number of ether oxygens (including phenoxy) is 2. The molecule has 1 rings (SSSR count). The lowest BCUT2D eigenvalue weighted by Gasteiger charge is -2.37. The minimum Gasteiger partial charge on any atom is -0.481 e. The van der Waals surface area contributed by atoms with Crippen LogP contribution in [0.3, 0.4) is 0 Å². The minimum absolute atomic E-state index is 0.481. The maximum Gasteiger partial charge on any atom is 0.309 e. The Morgan fingerprint density at radius 1 is 1.27 bits per heavy atom. The molecule has 0 atom stereocenters. The van der Waals surface area contributed by atoms with Gasteiger partial charge in [-0.2, -0.15) is 0 Å². The average Bonchev–Trinajstić information content (AvgIpc) is 2.13. The Hall–Kier alpha value is -0.610. The van der Waals surface area contributed by atoms with Crippen LogP contribution in [0, 0.1) is 5.41 Å². The molecule has 0 saturated heterocycles. The summed E-state index contributed by atoms with van der Waals surface area (Å²) in [7, 11) is 0. The Morgan fingerprint density at radius 3 is 2.40 bits per heavy atom. The zero-order valence-corrected chi connectivity index (χ0v) is 9.33. The van der Waals surface area contributed by atoms with E-state index in [1.165, 1.54) is 0 Å². The molecule has 1 saturated carbocycles. The fraction of sp³-hybridized carbons (Fsp3) is 0.909. The van der Waals surface area contributed by atoms with Crippen LogP contribution in [0.15, 0.2) is 0 Å². The van der Waals surface area contributed by atoms with Gasteiger partial charge in [0.1, 0.15) is 0 Å². The molecule has 0 heterocycles. The second-order valence-electron chi connectivity index (χ2n) is 4.00. The van der Waals surface area contributed by atoms with E-state index in [0.29, 0.717) is 32.8 Å². The zero-order chi connectivity index (χ0) is 11.1. The van der Waals surface area contributed by atoms with Crippen molar-refractivity contribution in [3.63, 3.8) is 0 Å². The van der Waals surface area contributed by atoms with Gasteiger partial charge < -0.3 is 14.6 Å². The highest BCUT2D eigenvalue weighted by molar-refractivity contribution is 5.75. The van der Waals surface area contributed by atoms with E-state index in [1.807, 2.05) is 6.92 Å². The van der Waals surface area contributed by atoms with Crippen LogP contribution in [-0.2, 0) is 14.3 Å². The van der Waals surface area contributed by atoms with E-state index in [9.17, 15) is 4.79 Å². The summed E-state index contributed by atoms with van der Waals surface area (Å²) < 4.78 is 10.4. The van der Waals surface area contributed by atoms with Crippen LogP contribution in [0.25, 0.3) is 0 Å². The monoisotopic (exact) mass is 216 g/mol. The summed E-state index contributed by atoms with van der Waals surface area (Å²) >= 11 is 0. The van der Waals surface area contributed by atoms with Gasteiger partial charge in [-0.25, -0.2) is 0 Å². The first-order valence-electron chi connectivity index (χ1n) is 5.60. The Morgan fingerprint density at radius 2 is 1.93 bits per heavy atom. The van der Waals surface area contributed by atoms with E-state index in [-0.39, 0.29) is 0 Å². The minimum atomic E-state index is -0.665. The number of aliphatic carboxylic acids is 1. The molecule has 0 bridgehead atoms. The van der Waals surface area contributed by atoms with Crippen LogP contribution in [-0.4, -0.2) is 37.5 Å². The van der Waals surface area contributed by atoms with Gasteiger partial charge in [-0.3, -0.25) is 4.79 Å². The molecular formula is C11H20O4. The third-order valence-electron chi connectivity index (χ3n) is 3.07. The highest BCUT2D eigenvalue weighted by atomic mass is 16.5. The van der Waals surface area contributed by atoms with Crippen molar-refractivity contribution in [3.8, 4) is 0 Å². The van der Waals surface area contributed by atoms with E-state index >= 15 is 0 Å². The highest BCUT2D eigenvalue weighted by Crippen LogP contribution is 2.44. The van der Waals surface area contributed by atoms with Crippen LogP contribution in [0.2, 0.25) is 0 Å². The smallest absolute Gasteiger partial charge is 0.309 e. The van der Waals surface area contributed by atoms with Crippen molar-refractivity contribution in [1.82, 2.24) is 0 Å². The number of carboxylic acid groups (broad SMARTS) is 1. The Bertz CT molecular complexity index is 199. The fourth-order valence-electron chi connectivity index (χ4n) is 1.81. The van der Waals surface area contributed by atoms with Crippen molar-refractivity contribution in [1.29, 1.82) is 0 Å². The second-order valence-corrected chi connectivity index (χ2v) is 4.00. The van der Waals surface area contributed by atoms with E-state index in [1.54, 1.807) is 0 Å². The van der Waals surface area contributed by atoms with Crippen LogP contribution in [0.1, 0.15) is 32.6 Å². The van der Waals surface area contributed by atoms with Crippen molar-refractivity contribution in [2.45, 2.75) is 32.6 Å². The predicted octanol–water partition coefficient (Wildman–Crippen LogP) is 1.68. The quantitative estimate of drug-likeness (QED) is 0.627. The standard InChI is InChI=1S/C11H20O4/c1-2-14-8-9-15-7-6-11(10(12)13)4-3-5-11/h2-9H2,1H3,(H,12,13). The molecule has 1 N–H and O–H groups in total. The molecule has 1 aliphatic rings. The predicted molar refractivity (Wildman–Crippen MR) is 55.8 cm³/mol. The van der Waals surface area contributed by atoms with Crippen molar-refractivity contribution in [2.75, 3.05) is 26.4 Å². The lowest BCUT2D eigenvalue weighted by Crippen LogP contribution is -2.38. The molecule has 0 amide bonds. The molecule has 0 spiro atoms. The number of carboxylic acids is 1. The van der Waals surface area contributed by atoms with Crippen molar-refractivity contribution < 1.29 is 19.4 Å². The largest absolute Gasteiger partial charge is 0.481 e. The molecule has 88 valence electrons. The lowest BCUT2D eigenvalue weighted by molar-refractivity contribution is -0.156. The van der Waals surface area contributed by atoms with Crippen LogP contribution < -0.4 is 0 Å². The first-order valence-corrected chi connectivity index (χ1v) is 5.60. The molecule has 15 heavy (non-hydrogen) atoms. The maximum absolute atomic E-state index is 11.0. The van der Waals surface area contributed by atoms with Crippen LogP contribution in [0.5, 0.6) is 0 Å². The molecule has 4 nitrogen and oxygen atoms in total. The molecule has 0 aliphatic heterocycles. The van der Waals surface area contributed by atoms with Crippen molar-refractivity contribution >= 4 is 5.97 Å². The van der Waals surface area contributed by atoms with Gasteiger partial charge in [0.2, 0.25) is 0 Å². The third-order valence-corrected chi connectivity index (χ3v) is 3.07. The molecule has 0 aromatic heterocycles. The van der Waals surface area contributed by atoms with Gasteiger partial charge in [-0.1, -0.05) is 6.42 Å². The topological polar surface area (TPSA) is 55.8 Å². The molecule has 0 aromatic rings. The number of rotatable bonds is 8. The molecule has 1 fully saturated rings. The first-order chi connectivity index (χ1) is 7.21. The maximum atomic E-state index is 11.0. The highest BCUT2D eigenvalue weighted by Gasteiger charge is 2.43. The van der Waals surface area contributed by atoms with Crippen LogP contribution >= 0.6 is 0 Å². The molecular weight excluding hydrogens is 196 g/mol. The second kappa shape index (κ2) is 6.08. The summed E-state index contributed by atoms with van der Waals surface area (Å²) in [6.45, 7) is 4.32. The van der Waals surface area contributed by atoms with Gasteiger partial charge in [0.15, 0.2) is 0 Å². The SMILES string of the molecule is CCOCCOCCC1(C(=O)O)CCC1. The fourth-order valence-corrected chi connectivity index (χ4v) is 1.81. The summed E-state index contributed by atoms with van der Waals surface area (Å²) in [6, 6.07) is 0. The summed E-state index contributed by atoms with van der Waals surface area (Å²) in [6.07, 6.45) is 3.27. The molecule has 0 aromatic carbocycles. The summed E-state index contributed by atoms with van der Waals surface area (Å²) in [5.41, 5.74) is -0.481. The lowest BCUT2D eigenvalue weighted by atomic mass is 9.67. The summed E-state index contributed by atoms with van der Waals surface area (Å²) in [4.78, 5) is 11.0. The van der Waals surface area contributed by atoms with Gasteiger partial charge in [-0.15, -0.1) is 0 Å². The van der Waals surface area contributed by atoms with Gasteiger partial charge in [0, 0.05) is 13.2 Å². The first kappa shape index (κ1) is 12.5. The zero-order valence-electron chi connectivity index (χ0n) is 9.33. The van der Waals surface area contributed by atoms with Gasteiger partial charge >= 0.3 is 5.97 Å². The Labute approximate surface area is 90.6 Å². The Balaban J connectivity index is 2.06. The van der Waals surface area contributed by atoms with Gasteiger partial charge in [0.25, 0.3) is 0 Å². The molecule has 0 radical (unpaired) electrons. The number of hydrogen-bond donors (Lipinski definition) is 1. The number of hydrogen-bond acceptors (Lipinski definition) is 3. The van der Waals surface area contributed by atoms with Crippen molar-refractivity contribution in [3.05, 3.63) is 0 Å². The number of carbonyl (C=O) groups is 1.